The van der Waals surface area contributed by atoms with Crippen LogP contribution in [0.15, 0.2) is 121 Å². The van der Waals surface area contributed by atoms with Crippen molar-refractivity contribution in [2.75, 3.05) is 0 Å². The van der Waals surface area contributed by atoms with Gasteiger partial charge in [0.15, 0.2) is 0 Å². The van der Waals surface area contributed by atoms with E-state index in [1.807, 2.05) is 12.1 Å². The Morgan fingerprint density at radius 3 is 1.09 bits per heavy atom. The summed E-state index contributed by atoms with van der Waals surface area (Å²) in [5.41, 5.74) is 5.68. The second-order valence-electron chi connectivity index (χ2n) is 8.10. The van der Waals surface area contributed by atoms with Gasteiger partial charge in [0, 0.05) is 18.5 Å². The van der Waals surface area contributed by atoms with Crippen LogP contribution < -0.4 is 5.32 Å². The summed E-state index contributed by atoms with van der Waals surface area (Å²) in [5, 5.41) is 3.42. The Kier molecular flexibility index (Phi) is 9.28. The Hall–Kier alpha value is -3.16. The molecule has 0 aliphatic rings. The van der Waals surface area contributed by atoms with E-state index in [9.17, 15) is 0 Å². The summed E-state index contributed by atoms with van der Waals surface area (Å²) in [7, 11) is 0. The number of benzene rings is 4. The zero-order chi connectivity index (χ0) is 22.5. The van der Waals surface area contributed by atoms with Gasteiger partial charge in [0.05, 0.1) is 0 Å². The maximum atomic E-state index is 3.42. The molecule has 0 unspecified atom stereocenters. The van der Waals surface area contributed by atoms with Gasteiger partial charge in [-0.05, 0) is 35.1 Å². The summed E-state index contributed by atoms with van der Waals surface area (Å²) in [6.07, 6.45) is 2.27. The molecule has 4 aromatic rings. The average Bonchev–Trinajstić information content (AvgIpc) is 2.88. The maximum Gasteiger partial charge on any atom is 0.0208 e. The van der Waals surface area contributed by atoms with E-state index in [1.165, 1.54) is 22.3 Å². The first-order chi connectivity index (χ1) is 15.8. The Morgan fingerprint density at radius 1 is 0.469 bits per heavy atom. The van der Waals surface area contributed by atoms with Crippen molar-refractivity contribution in [2.45, 2.75) is 45.2 Å². The fourth-order valence-corrected chi connectivity index (χ4v) is 4.29. The van der Waals surface area contributed by atoms with Crippen LogP contribution in [-0.4, -0.2) is 0 Å². The van der Waals surface area contributed by atoms with E-state index in [0.717, 1.165) is 25.9 Å². The molecule has 4 aromatic carbocycles. The summed E-state index contributed by atoms with van der Waals surface area (Å²) < 4.78 is 0. The Bertz CT molecular complexity index is 910. The fourth-order valence-electron chi connectivity index (χ4n) is 4.29. The van der Waals surface area contributed by atoms with Crippen molar-refractivity contribution in [2.24, 2.45) is 0 Å². The molecule has 0 saturated heterocycles. The maximum absolute atomic E-state index is 3.42. The predicted octanol–water partition coefficient (Wildman–Crippen LogP) is 7.77. The minimum absolute atomic E-state index is 0.169. The Labute approximate surface area is 194 Å². The number of hydrogen-bond donors (Lipinski definition) is 1. The van der Waals surface area contributed by atoms with Gasteiger partial charge in [0.1, 0.15) is 0 Å². The van der Waals surface area contributed by atoms with Crippen LogP contribution in [0.2, 0.25) is 0 Å². The second kappa shape index (κ2) is 12.6. The SMILES string of the molecule is CCC(CC)(c1ccccc1)c1ccccc1.c1ccc(CNCc2ccccc2)cc1. The second-order valence-corrected chi connectivity index (χ2v) is 8.10. The van der Waals surface area contributed by atoms with E-state index in [4.69, 9.17) is 0 Å². The molecule has 4 rings (SSSR count). The van der Waals surface area contributed by atoms with Crippen molar-refractivity contribution in [1.29, 1.82) is 0 Å². The van der Waals surface area contributed by atoms with Crippen LogP contribution in [0.5, 0.6) is 0 Å². The first-order valence-corrected chi connectivity index (χ1v) is 11.7. The zero-order valence-corrected chi connectivity index (χ0v) is 19.4. The molecule has 0 aliphatic carbocycles. The molecule has 0 aromatic heterocycles. The van der Waals surface area contributed by atoms with E-state index in [0.29, 0.717) is 0 Å². The molecular weight excluding hydrogens is 386 g/mol. The topological polar surface area (TPSA) is 12.0 Å². The van der Waals surface area contributed by atoms with Gasteiger partial charge < -0.3 is 5.32 Å². The summed E-state index contributed by atoms with van der Waals surface area (Å²) >= 11 is 0. The monoisotopic (exact) mass is 421 g/mol. The normalized spacial score (nSPS) is 10.8. The van der Waals surface area contributed by atoms with Gasteiger partial charge in [-0.25, -0.2) is 0 Å². The minimum Gasteiger partial charge on any atom is -0.309 e. The van der Waals surface area contributed by atoms with Crippen LogP contribution in [0.1, 0.15) is 48.9 Å². The van der Waals surface area contributed by atoms with Crippen LogP contribution in [0, 0.1) is 0 Å². The van der Waals surface area contributed by atoms with Gasteiger partial charge in [0.2, 0.25) is 0 Å². The van der Waals surface area contributed by atoms with Gasteiger partial charge in [0.25, 0.3) is 0 Å². The van der Waals surface area contributed by atoms with Gasteiger partial charge in [-0.3, -0.25) is 0 Å². The zero-order valence-electron chi connectivity index (χ0n) is 19.4. The quantitative estimate of drug-likeness (QED) is 0.306. The van der Waals surface area contributed by atoms with Crippen molar-refractivity contribution in [1.82, 2.24) is 5.32 Å². The smallest absolute Gasteiger partial charge is 0.0208 e. The average molecular weight is 422 g/mol. The summed E-state index contributed by atoms with van der Waals surface area (Å²) in [5.74, 6) is 0. The lowest BCUT2D eigenvalue weighted by molar-refractivity contribution is 0.478. The highest BCUT2D eigenvalue weighted by Gasteiger charge is 2.29. The molecule has 1 N–H and O–H groups in total. The first-order valence-electron chi connectivity index (χ1n) is 11.7. The summed E-state index contributed by atoms with van der Waals surface area (Å²) in [6.45, 7) is 6.42. The van der Waals surface area contributed by atoms with Crippen molar-refractivity contribution >= 4 is 0 Å². The largest absolute Gasteiger partial charge is 0.309 e. The lowest BCUT2D eigenvalue weighted by Gasteiger charge is -2.33. The Balaban J connectivity index is 0.000000182. The highest BCUT2D eigenvalue weighted by molar-refractivity contribution is 5.38. The van der Waals surface area contributed by atoms with Crippen molar-refractivity contribution in [3.63, 3.8) is 0 Å². The van der Waals surface area contributed by atoms with E-state index in [-0.39, 0.29) is 5.41 Å². The van der Waals surface area contributed by atoms with E-state index < -0.39 is 0 Å². The van der Waals surface area contributed by atoms with Crippen LogP contribution >= 0.6 is 0 Å². The third-order valence-electron chi connectivity index (χ3n) is 6.20. The van der Waals surface area contributed by atoms with Crippen LogP contribution in [0.4, 0.5) is 0 Å². The van der Waals surface area contributed by atoms with Crippen LogP contribution in [-0.2, 0) is 18.5 Å². The van der Waals surface area contributed by atoms with Crippen molar-refractivity contribution in [3.8, 4) is 0 Å². The van der Waals surface area contributed by atoms with E-state index in [2.05, 4.69) is 128 Å². The van der Waals surface area contributed by atoms with Crippen molar-refractivity contribution < 1.29 is 0 Å². The molecule has 0 atom stereocenters. The van der Waals surface area contributed by atoms with Gasteiger partial charge in [-0.2, -0.15) is 0 Å². The van der Waals surface area contributed by atoms with Gasteiger partial charge in [-0.15, -0.1) is 0 Å². The highest BCUT2D eigenvalue weighted by Crippen LogP contribution is 2.38. The predicted molar refractivity (Wildman–Crippen MR) is 138 cm³/mol. The van der Waals surface area contributed by atoms with Crippen molar-refractivity contribution in [3.05, 3.63) is 144 Å². The molecule has 164 valence electrons. The molecule has 0 aliphatic heterocycles. The molecule has 1 nitrogen and oxygen atoms in total. The summed E-state index contributed by atoms with van der Waals surface area (Å²) in [4.78, 5) is 0. The van der Waals surface area contributed by atoms with E-state index >= 15 is 0 Å². The van der Waals surface area contributed by atoms with Crippen LogP contribution in [0.3, 0.4) is 0 Å². The van der Waals surface area contributed by atoms with Gasteiger partial charge in [-0.1, -0.05) is 135 Å². The lowest BCUT2D eigenvalue weighted by Crippen LogP contribution is -2.25. The number of rotatable bonds is 8. The lowest BCUT2D eigenvalue weighted by atomic mass is 9.71. The number of nitrogens with one attached hydrogen (secondary N) is 1. The molecule has 1 heteroatoms. The van der Waals surface area contributed by atoms with Gasteiger partial charge >= 0.3 is 0 Å². The summed E-state index contributed by atoms with van der Waals surface area (Å²) in [6, 6.07) is 42.6. The molecule has 0 bridgehead atoms. The molecule has 32 heavy (non-hydrogen) atoms. The molecule has 0 saturated carbocycles. The Morgan fingerprint density at radius 2 is 0.781 bits per heavy atom. The molecule has 0 heterocycles. The first kappa shape index (κ1) is 23.5. The molecular formula is C31H35N. The minimum atomic E-state index is 0.169. The fraction of sp³-hybridized carbons (Fsp3) is 0.226. The molecule has 0 radical (unpaired) electrons. The standard InChI is InChI=1S/C17H20.C14H15N/c1-3-17(4-2,15-11-7-5-8-12-15)16-13-9-6-10-14-16;1-3-7-13(8-4-1)11-15-12-14-9-5-2-6-10-14/h5-14H,3-4H2,1-2H3;1-10,15H,11-12H2. The van der Waals surface area contributed by atoms with Crippen LogP contribution in [0.25, 0.3) is 0 Å². The molecule has 0 amide bonds. The molecule has 0 spiro atoms. The molecule has 0 fully saturated rings. The third kappa shape index (κ3) is 6.42. The highest BCUT2D eigenvalue weighted by atomic mass is 14.8. The number of hydrogen-bond acceptors (Lipinski definition) is 1. The third-order valence-corrected chi connectivity index (χ3v) is 6.20. The van der Waals surface area contributed by atoms with E-state index in [1.54, 1.807) is 0 Å².